The number of carboxylic acid groups (broad SMARTS) is 1. The van der Waals surface area contributed by atoms with E-state index in [0.29, 0.717) is 19.4 Å². The Morgan fingerprint density at radius 1 is 1.28 bits per heavy atom. The first-order chi connectivity index (χ1) is 14.0. The molecule has 4 rings (SSSR count). The fraction of sp³-hybridized carbons (Fsp3) is 0.409. The highest BCUT2D eigenvalue weighted by molar-refractivity contribution is 5.90. The van der Waals surface area contributed by atoms with Crippen LogP contribution in [0.2, 0.25) is 0 Å². The second-order valence-corrected chi connectivity index (χ2v) is 7.72. The van der Waals surface area contributed by atoms with E-state index in [-0.39, 0.29) is 30.9 Å². The standard InChI is InChI=1S/C22H24FNO5/c23-20-12-22(11-15-5-1-3-7-18(15)29-22)9-10-24(20)13-16(25)14-28-19-8-4-2-6-17(19)21(26)27/h1-8,16,20,25H,9-14H2,(H,26,27)/t16-,20?,22+/m0/s1. The molecule has 1 fully saturated rings. The molecular formula is C22H24FNO5. The Bertz CT molecular complexity index is 864. The number of ether oxygens (including phenoxy) is 2. The largest absolute Gasteiger partial charge is 0.490 e. The van der Waals surface area contributed by atoms with E-state index in [4.69, 9.17) is 9.47 Å². The van der Waals surface area contributed by atoms with Crippen molar-refractivity contribution in [2.45, 2.75) is 37.3 Å². The van der Waals surface area contributed by atoms with E-state index in [0.717, 1.165) is 11.3 Å². The van der Waals surface area contributed by atoms with Gasteiger partial charge in [-0.25, -0.2) is 9.18 Å². The highest BCUT2D eigenvalue weighted by atomic mass is 19.1. The molecule has 2 N–H and O–H groups in total. The number of carbonyl (C=O) groups is 1. The number of rotatable bonds is 6. The average molecular weight is 401 g/mol. The number of carboxylic acids is 1. The second-order valence-electron chi connectivity index (χ2n) is 7.72. The molecule has 1 saturated heterocycles. The van der Waals surface area contributed by atoms with Crippen molar-refractivity contribution in [3.8, 4) is 11.5 Å². The molecule has 1 unspecified atom stereocenters. The number of fused-ring (bicyclic) bond motifs is 1. The number of likely N-dealkylation sites (tertiary alicyclic amines) is 1. The Morgan fingerprint density at radius 2 is 2.03 bits per heavy atom. The highest BCUT2D eigenvalue weighted by Gasteiger charge is 2.46. The van der Waals surface area contributed by atoms with Gasteiger partial charge in [0.15, 0.2) is 6.30 Å². The molecule has 154 valence electrons. The van der Waals surface area contributed by atoms with Crippen LogP contribution >= 0.6 is 0 Å². The first-order valence-corrected chi connectivity index (χ1v) is 9.74. The third-order valence-corrected chi connectivity index (χ3v) is 5.60. The maximum absolute atomic E-state index is 14.9. The highest BCUT2D eigenvalue weighted by Crippen LogP contribution is 2.42. The first kappa shape index (κ1) is 19.7. The molecule has 29 heavy (non-hydrogen) atoms. The number of hydrogen-bond donors (Lipinski definition) is 2. The van der Waals surface area contributed by atoms with E-state index in [1.54, 1.807) is 17.0 Å². The lowest BCUT2D eigenvalue weighted by atomic mass is 9.86. The number of halogens is 1. The molecule has 2 aliphatic rings. The van der Waals surface area contributed by atoms with Crippen LogP contribution in [0.15, 0.2) is 48.5 Å². The predicted octanol–water partition coefficient (Wildman–Crippen LogP) is 2.89. The number of nitrogens with zero attached hydrogens (tertiary/aromatic N) is 1. The van der Waals surface area contributed by atoms with Gasteiger partial charge in [0.1, 0.15) is 35.4 Å². The Labute approximate surface area is 168 Å². The van der Waals surface area contributed by atoms with Crippen molar-refractivity contribution < 1.29 is 28.9 Å². The van der Waals surface area contributed by atoms with Gasteiger partial charge in [0.05, 0.1) is 0 Å². The normalized spacial score (nSPS) is 24.7. The number of benzene rings is 2. The van der Waals surface area contributed by atoms with E-state index in [9.17, 15) is 19.4 Å². The lowest BCUT2D eigenvalue weighted by Crippen LogP contribution is -2.53. The van der Waals surface area contributed by atoms with Gasteiger partial charge in [0.25, 0.3) is 0 Å². The average Bonchev–Trinajstić information content (AvgIpc) is 3.06. The molecule has 3 atom stereocenters. The molecule has 7 heteroatoms. The summed E-state index contributed by atoms with van der Waals surface area (Å²) in [7, 11) is 0. The van der Waals surface area contributed by atoms with E-state index in [2.05, 4.69) is 0 Å². The van der Waals surface area contributed by atoms with Crippen molar-refractivity contribution in [1.29, 1.82) is 0 Å². The van der Waals surface area contributed by atoms with Crippen molar-refractivity contribution >= 4 is 5.97 Å². The lowest BCUT2D eigenvalue weighted by molar-refractivity contribution is -0.0739. The molecule has 0 bridgehead atoms. The van der Waals surface area contributed by atoms with Crippen molar-refractivity contribution in [2.24, 2.45) is 0 Å². The zero-order chi connectivity index (χ0) is 20.4. The summed E-state index contributed by atoms with van der Waals surface area (Å²) in [5.74, 6) is -0.0814. The zero-order valence-electron chi connectivity index (χ0n) is 16.0. The number of para-hydroxylation sites is 2. The molecule has 2 aliphatic heterocycles. The minimum absolute atomic E-state index is 0.0286. The molecule has 0 radical (unpaired) electrons. The third kappa shape index (κ3) is 4.21. The van der Waals surface area contributed by atoms with Crippen LogP contribution in [0.1, 0.15) is 28.8 Å². The van der Waals surface area contributed by atoms with Gasteiger partial charge in [0.2, 0.25) is 0 Å². The minimum atomic E-state index is -1.22. The fourth-order valence-corrected chi connectivity index (χ4v) is 4.13. The molecular weight excluding hydrogens is 377 g/mol. The summed E-state index contributed by atoms with van der Waals surface area (Å²) in [4.78, 5) is 12.8. The van der Waals surface area contributed by atoms with Crippen LogP contribution in [0.25, 0.3) is 0 Å². The van der Waals surface area contributed by atoms with Gasteiger partial charge in [-0.05, 0) is 23.8 Å². The summed E-state index contributed by atoms with van der Waals surface area (Å²) in [6.07, 6.45) is -0.533. The predicted molar refractivity (Wildman–Crippen MR) is 104 cm³/mol. The van der Waals surface area contributed by atoms with Gasteiger partial charge >= 0.3 is 5.97 Å². The fourth-order valence-electron chi connectivity index (χ4n) is 4.13. The van der Waals surface area contributed by atoms with Crippen LogP contribution in [-0.2, 0) is 6.42 Å². The molecule has 0 aliphatic carbocycles. The van der Waals surface area contributed by atoms with Crippen LogP contribution in [-0.4, -0.2) is 58.8 Å². The van der Waals surface area contributed by atoms with Crippen LogP contribution < -0.4 is 9.47 Å². The number of aromatic carboxylic acids is 1. The van der Waals surface area contributed by atoms with Gasteiger partial charge in [-0.2, -0.15) is 0 Å². The minimum Gasteiger partial charge on any atom is -0.490 e. The maximum atomic E-state index is 14.9. The number of alkyl halides is 1. The number of piperidine rings is 1. The SMILES string of the molecule is O=C(O)c1ccccc1OC[C@@H](O)CN1CC[C@@]2(Cc3ccccc3O2)CC1F. The summed E-state index contributed by atoms with van der Waals surface area (Å²) < 4.78 is 26.4. The molecule has 2 aromatic carbocycles. The summed E-state index contributed by atoms with van der Waals surface area (Å²) in [6, 6.07) is 14.0. The third-order valence-electron chi connectivity index (χ3n) is 5.60. The van der Waals surface area contributed by atoms with Crippen molar-refractivity contribution in [1.82, 2.24) is 4.90 Å². The quantitative estimate of drug-likeness (QED) is 0.725. The van der Waals surface area contributed by atoms with Gasteiger partial charge in [-0.1, -0.05) is 30.3 Å². The van der Waals surface area contributed by atoms with E-state index < -0.39 is 24.0 Å². The van der Waals surface area contributed by atoms with Crippen molar-refractivity contribution in [2.75, 3.05) is 19.7 Å². The van der Waals surface area contributed by atoms with Gasteiger partial charge < -0.3 is 19.7 Å². The lowest BCUT2D eigenvalue weighted by Gasteiger charge is -2.41. The molecule has 1 spiro atoms. The molecule has 6 nitrogen and oxygen atoms in total. The summed E-state index contributed by atoms with van der Waals surface area (Å²) in [6.45, 7) is 0.470. The molecule has 2 aromatic rings. The first-order valence-electron chi connectivity index (χ1n) is 9.74. The Hall–Kier alpha value is -2.64. The summed E-state index contributed by atoms with van der Waals surface area (Å²) in [5, 5.41) is 19.5. The Kier molecular flexibility index (Phi) is 5.43. The molecule has 0 aromatic heterocycles. The summed E-state index contributed by atoms with van der Waals surface area (Å²) >= 11 is 0. The van der Waals surface area contributed by atoms with E-state index in [1.165, 1.54) is 12.1 Å². The van der Waals surface area contributed by atoms with Gasteiger partial charge in [-0.15, -0.1) is 0 Å². The monoisotopic (exact) mass is 401 g/mol. The van der Waals surface area contributed by atoms with Gasteiger partial charge in [-0.3, -0.25) is 4.90 Å². The molecule has 0 saturated carbocycles. The van der Waals surface area contributed by atoms with Crippen molar-refractivity contribution in [3.05, 3.63) is 59.7 Å². The van der Waals surface area contributed by atoms with Crippen LogP contribution in [0.5, 0.6) is 11.5 Å². The Balaban J connectivity index is 1.30. The number of aliphatic hydroxyl groups is 1. The maximum Gasteiger partial charge on any atom is 0.339 e. The summed E-state index contributed by atoms with van der Waals surface area (Å²) in [5.41, 5.74) is 0.626. The number of aliphatic hydroxyl groups excluding tert-OH is 1. The van der Waals surface area contributed by atoms with E-state index in [1.807, 2.05) is 24.3 Å². The number of β-amino-alcohol motifs (C(OH)–C–C–N with tert-alkyl or cyclic N) is 1. The molecule has 2 heterocycles. The zero-order valence-corrected chi connectivity index (χ0v) is 16.0. The van der Waals surface area contributed by atoms with Crippen LogP contribution in [0, 0.1) is 0 Å². The van der Waals surface area contributed by atoms with Gasteiger partial charge in [0, 0.05) is 32.4 Å². The van der Waals surface area contributed by atoms with Crippen molar-refractivity contribution in [3.63, 3.8) is 0 Å². The topological polar surface area (TPSA) is 79.2 Å². The van der Waals surface area contributed by atoms with E-state index >= 15 is 0 Å². The Morgan fingerprint density at radius 3 is 2.79 bits per heavy atom. The van der Waals surface area contributed by atoms with Crippen LogP contribution in [0.3, 0.4) is 0 Å². The van der Waals surface area contributed by atoms with Crippen LogP contribution in [0.4, 0.5) is 4.39 Å². The second kappa shape index (κ2) is 8.00. The smallest absolute Gasteiger partial charge is 0.339 e. The molecule has 0 amide bonds. The number of hydrogen-bond acceptors (Lipinski definition) is 5.